The molecule has 0 unspecified atom stereocenters. The van der Waals surface area contributed by atoms with Crippen LogP contribution in [0.4, 0.5) is 0 Å². The van der Waals surface area contributed by atoms with Crippen molar-refractivity contribution < 1.29 is 0 Å². The molecular weight excluding hydrogens is 265 g/mol. The molecule has 0 amide bonds. The molecule has 0 aliphatic rings. The van der Waals surface area contributed by atoms with Crippen LogP contribution in [0, 0.1) is 5.92 Å². The van der Waals surface area contributed by atoms with Gasteiger partial charge in [-0.2, -0.15) is 0 Å². The molecule has 1 aromatic rings. The summed E-state index contributed by atoms with van der Waals surface area (Å²) in [6.45, 7) is 6.51. The SMILES string of the molecule is CC(C)CNCCC=CCc1c(Cl)cccc1Cl. The van der Waals surface area contributed by atoms with E-state index in [-0.39, 0.29) is 0 Å². The fourth-order valence-electron chi connectivity index (χ4n) is 1.62. The van der Waals surface area contributed by atoms with E-state index < -0.39 is 0 Å². The summed E-state index contributed by atoms with van der Waals surface area (Å²) in [5.41, 5.74) is 1.01. The molecule has 18 heavy (non-hydrogen) atoms. The number of rotatable bonds is 7. The van der Waals surface area contributed by atoms with E-state index in [0.717, 1.165) is 41.5 Å². The average molecular weight is 286 g/mol. The molecule has 1 nitrogen and oxygen atoms in total. The Morgan fingerprint density at radius 1 is 1.17 bits per heavy atom. The largest absolute Gasteiger partial charge is 0.316 e. The van der Waals surface area contributed by atoms with Gasteiger partial charge in [0, 0.05) is 10.0 Å². The van der Waals surface area contributed by atoms with E-state index in [9.17, 15) is 0 Å². The third-order valence-electron chi connectivity index (χ3n) is 2.59. The van der Waals surface area contributed by atoms with E-state index in [0.29, 0.717) is 5.92 Å². The van der Waals surface area contributed by atoms with Gasteiger partial charge in [-0.3, -0.25) is 0 Å². The summed E-state index contributed by atoms with van der Waals surface area (Å²) in [5, 5.41) is 4.88. The molecule has 100 valence electrons. The molecule has 0 aliphatic heterocycles. The monoisotopic (exact) mass is 285 g/mol. The summed E-state index contributed by atoms with van der Waals surface area (Å²) < 4.78 is 0. The number of hydrogen-bond donors (Lipinski definition) is 1. The molecule has 1 rings (SSSR count). The van der Waals surface area contributed by atoms with E-state index in [2.05, 4.69) is 31.3 Å². The number of nitrogens with one attached hydrogen (secondary N) is 1. The van der Waals surface area contributed by atoms with Crippen LogP contribution in [0.2, 0.25) is 10.0 Å². The first-order valence-electron chi connectivity index (χ1n) is 6.40. The van der Waals surface area contributed by atoms with Crippen LogP contribution in [-0.4, -0.2) is 13.1 Å². The standard InChI is InChI=1S/C15H21Cl2N/c1-12(2)11-18-10-5-3-4-7-13-14(16)8-6-9-15(13)17/h3-4,6,8-9,12,18H,5,7,10-11H2,1-2H3. The van der Waals surface area contributed by atoms with Crippen molar-refractivity contribution in [2.24, 2.45) is 5.92 Å². The van der Waals surface area contributed by atoms with Crippen molar-refractivity contribution in [2.45, 2.75) is 26.7 Å². The van der Waals surface area contributed by atoms with Crippen molar-refractivity contribution in [2.75, 3.05) is 13.1 Å². The minimum atomic E-state index is 0.705. The third kappa shape index (κ3) is 5.90. The lowest BCUT2D eigenvalue weighted by Crippen LogP contribution is -2.20. The lowest BCUT2D eigenvalue weighted by atomic mass is 10.1. The number of allylic oxidation sites excluding steroid dienone is 1. The number of hydrogen-bond acceptors (Lipinski definition) is 1. The maximum Gasteiger partial charge on any atom is 0.0456 e. The summed E-state index contributed by atoms with van der Waals surface area (Å²) in [6.07, 6.45) is 6.13. The first kappa shape index (κ1) is 15.6. The van der Waals surface area contributed by atoms with Gasteiger partial charge in [0.05, 0.1) is 0 Å². The fraction of sp³-hybridized carbons (Fsp3) is 0.467. The van der Waals surface area contributed by atoms with Crippen LogP contribution in [0.5, 0.6) is 0 Å². The minimum Gasteiger partial charge on any atom is -0.316 e. The Kier molecular flexibility index (Phi) is 7.41. The van der Waals surface area contributed by atoms with Gasteiger partial charge in [-0.05, 0) is 49.5 Å². The highest BCUT2D eigenvalue weighted by molar-refractivity contribution is 6.36. The first-order chi connectivity index (χ1) is 8.61. The average Bonchev–Trinajstić information content (AvgIpc) is 2.30. The van der Waals surface area contributed by atoms with Crippen molar-refractivity contribution in [3.63, 3.8) is 0 Å². The zero-order chi connectivity index (χ0) is 13.4. The van der Waals surface area contributed by atoms with Gasteiger partial charge < -0.3 is 5.32 Å². The Bertz CT molecular complexity index is 366. The fourth-order valence-corrected chi connectivity index (χ4v) is 2.17. The van der Waals surface area contributed by atoms with Crippen LogP contribution in [0.15, 0.2) is 30.4 Å². The van der Waals surface area contributed by atoms with Crippen LogP contribution in [0.3, 0.4) is 0 Å². The maximum atomic E-state index is 6.10. The Balaban J connectivity index is 2.28. The second-order valence-corrected chi connectivity index (χ2v) is 5.58. The maximum absolute atomic E-state index is 6.10. The lowest BCUT2D eigenvalue weighted by molar-refractivity contribution is 0.556. The predicted octanol–water partition coefficient (Wildman–Crippen LogP) is 4.73. The third-order valence-corrected chi connectivity index (χ3v) is 3.30. The number of benzene rings is 1. The Labute approximate surface area is 120 Å². The Hall–Kier alpha value is -0.500. The Morgan fingerprint density at radius 3 is 2.44 bits per heavy atom. The number of halogens is 2. The van der Waals surface area contributed by atoms with E-state index in [1.165, 1.54) is 0 Å². The van der Waals surface area contributed by atoms with Gasteiger partial charge in [0.25, 0.3) is 0 Å². The van der Waals surface area contributed by atoms with Crippen LogP contribution in [-0.2, 0) is 6.42 Å². The van der Waals surface area contributed by atoms with Crippen molar-refractivity contribution in [1.82, 2.24) is 5.32 Å². The molecule has 0 bridgehead atoms. The van der Waals surface area contributed by atoms with Crippen LogP contribution >= 0.6 is 23.2 Å². The van der Waals surface area contributed by atoms with Gasteiger partial charge in [0.1, 0.15) is 0 Å². The zero-order valence-electron chi connectivity index (χ0n) is 11.0. The molecule has 0 radical (unpaired) electrons. The van der Waals surface area contributed by atoms with Gasteiger partial charge in [-0.25, -0.2) is 0 Å². The van der Waals surface area contributed by atoms with Gasteiger partial charge in [0.15, 0.2) is 0 Å². The molecule has 0 aromatic heterocycles. The Morgan fingerprint density at radius 2 is 1.83 bits per heavy atom. The van der Waals surface area contributed by atoms with Crippen molar-refractivity contribution >= 4 is 23.2 Å². The summed E-state index contributed by atoms with van der Waals surface area (Å²) in [7, 11) is 0. The summed E-state index contributed by atoms with van der Waals surface area (Å²) in [4.78, 5) is 0. The molecule has 0 atom stereocenters. The van der Waals surface area contributed by atoms with Crippen molar-refractivity contribution in [3.8, 4) is 0 Å². The molecule has 1 aromatic carbocycles. The summed E-state index contributed by atoms with van der Waals surface area (Å²) in [5.74, 6) is 0.705. The van der Waals surface area contributed by atoms with E-state index in [1.54, 1.807) is 0 Å². The highest BCUT2D eigenvalue weighted by atomic mass is 35.5. The lowest BCUT2D eigenvalue weighted by Gasteiger charge is -2.05. The van der Waals surface area contributed by atoms with Crippen LogP contribution < -0.4 is 5.32 Å². The van der Waals surface area contributed by atoms with E-state index in [4.69, 9.17) is 23.2 Å². The van der Waals surface area contributed by atoms with Crippen LogP contribution in [0.25, 0.3) is 0 Å². The molecular formula is C15H21Cl2N. The molecule has 0 fully saturated rings. The zero-order valence-corrected chi connectivity index (χ0v) is 12.6. The predicted molar refractivity (Wildman–Crippen MR) is 81.6 cm³/mol. The molecule has 0 saturated heterocycles. The normalized spacial score (nSPS) is 11.6. The molecule has 0 aliphatic carbocycles. The first-order valence-corrected chi connectivity index (χ1v) is 7.15. The molecule has 3 heteroatoms. The summed E-state index contributed by atoms with van der Waals surface area (Å²) >= 11 is 12.2. The summed E-state index contributed by atoms with van der Waals surface area (Å²) in [6, 6.07) is 5.62. The van der Waals surface area contributed by atoms with Gasteiger partial charge in [-0.15, -0.1) is 0 Å². The second kappa shape index (κ2) is 8.58. The topological polar surface area (TPSA) is 12.0 Å². The highest BCUT2D eigenvalue weighted by Gasteiger charge is 2.02. The van der Waals surface area contributed by atoms with E-state index >= 15 is 0 Å². The molecule has 1 N–H and O–H groups in total. The molecule has 0 saturated carbocycles. The van der Waals surface area contributed by atoms with Gasteiger partial charge in [-0.1, -0.05) is 55.3 Å². The molecule has 0 spiro atoms. The van der Waals surface area contributed by atoms with Crippen LogP contribution in [0.1, 0.15) is 25.8 Å². The van der Waals surface area contributed by atoms with Crippen molar-refractivity contribution in [1.29, 1.82) is 0 Å². The van der Waals surface area contributed by atoms with Gasteiger partial charge >= 0.3 is 0 Å². The molecule has 0 heterocycles. The smallest absolute Gasteiger partial charge is 0.0456 e. The second-order valence-electron chi connectivity index (χ2n) is 4.76. The van der Waals surface area contributed by atoms with E-state index in [1.807, 2.05) is 18.2 Å². The quantitative estimate of drug-likeness (QED) is 0.564. The highest BCUT2D eigenvalue weighted by Crippen LogP contribution is 2.24. The van der Waals surface area contributed by atoms with Crippen molar-refractivity contribution in [3.05, 3.63) is 46.0 Å². The van der Waals surface area contributed by atoms with Gasteiger partial charge in [0.2, 0.25) is 0 Å². The minimum absolute atomic E-state index is 0.705.